The van der Waals surface area contributed by atoms with E-state index in [9.17, 15) is 14.0 Å². The molecule has 0 bridgehead atoms. The fourth-order valence-corrected chi connectivity index (χ4v) is 4.14. The zero-order valence-electron chi connectivity index (χ0n) is 16.3. The van der Waals surface area contributed by atoms with E-state index in [2.05, 4.69) is 10.4 Å². The maximum atomic E-state index is 13.8. The molecule has 29 heavy (non-hydrogen) atoms. The molecule has 1 N–H and O–H groups in total. The molecule has 0 saturated carbocycles. The zero-order chi connectivity index (χ0) is 20.4. The third-order valence-corrected chi connectivity index (χ3v) is 5.75. The van der Waals surface area contributed by atoms with Gasteiger partial charge in [0.15, 0.2) is 0 Å². The van der Waals surface area contributed by atoms with Crippen LogP contribution in [0.3, 0.4) is 0 Å². The lowest BCUT2D eigenvalue weighted by atomic mass is 9.82. The minimum atomic E-state index is -0.468. The normalized spacial score (nSPS) is 18.1. The van der Waals surface area contributed by atoms with E-state index in [1.165, 1.54) is 12.1 Å². The Balaban J connectivity index is 1.46. The van der Waals surface area contributed by atoms with Crippen molar-refractivity contribution in [3.05, 3.63) is 42.3 Å². The van der Waals surface area contributed by atoms with Crippen molar-refractivity contribution in [2.75, 3.05) is 43.6 Å². The number of hydrogen-bond donors (Lipinski definition) is 1. The average Bonchev–Trinajstić information content (AvgIpc) is 3.21. The van der Waals surface area contributed by atoms with Gasteiger partial charge in [0.25, 0.3) is 0 Å². The molecule has 0 atom stereocenters. The molecule has 2 aromatic rings. The van der Waals surface area contributed by atoms with E-state index in [0.29, 0.717) is 45.5 Å². The SMILES string of the molecule is COCCN1C(=O)CC2(CCN(C(=O)Nc3ccccc3F)CC2)n2nccc21. The van der Waals surface area contributed by atoms with Gasteiger partial charge in [0.1, 0.15) is 11.6 Å². The number of hydrogen-bond acceptors (Lipinski definition) is 4. The average molecular weight is 401 g/mol. The van der Waals surface area contributed by atoms with Crippen LogP contribution in [-0.2, 0) is 15.1 Å². The van der Waals surface area contributed by atoms with Crippen molar-refractivity contribution in [3.8, 4) is 0 Å². The van der Waals surface area contributed by atoms with Crippen LogP contribution in [0.5, 0.6) is 0 Å². The summed E-state index contributed by atoms with van der Waals surface area (Å²) < 4.78 is 20.8. The van der Waals surface area contributed by atoms with Gasteiger partial charge >= 0.3 is 6.03 Å². The minimum absolute atomic E-state index is 0.0410. The van der Waals surface area contributed by atoms with Crippen molar-refractivity contribution in [2.24, 2.45) is 0 Å². The summed E-state index contributed by atoms with van der Waals surface area (Å²) in [5, 5.41) is 7.11. The predicted molar refractivity (Wildman–Crippen MR) is 105 cm³/mol. The van der Waals surface area contributed by atoms with Crippen LogP contribution in [0.1, 0.15) is 19.3 Å². The Bertz CT molecular complexity index is 907. The Morgan fingerprint density at radius 2 is 2.03 bits per heavy atom. The largest absolute Gasteiger partial charge is 0.383 e. The van der Waals surface area contributed by atoms with E-state index in [-0.39, 0.29) is 17.6 Å². The maximum Gasteiger partial charge on any atom is 0.321 e. The summed E-state index contributed by atoms with van der Waals surface area (Å²) in [6.45, 7) is 1.86. The summed E-state index contributed by atoms with van der Waals surface area (Å²) in [6.07, 6.45) is 3.26. The van der Waals surface area contributed by atoms with Crippen LogP contribution in [0.2, 0.25) is 0 Å². The molecule has 1 saturated heterocycles. The van der Waals surface area contributed by atoms with Gasteiger partial charge < -0.3 is 15.0 Å². The number of fused-ring (bicyclic) bond motifs is 2. The van der Waals surface area contributed by atoms with Gasteiger partial charge in [-0.1, -0.05) is 12.1 Å². The highest BCUT2D eigenvalue weighted by molar-refractivity contribution is 5.95. The van der Waals surface area contributed by atoms with E-state index in [4.69, 9.17) is 4.74 Å². The Kier molecular flexibility index (Phi) is 5.23. The number of methoxy groups -OCH3 is 1. The second-order valence-electron chi connectivity index (χ2n) is 7.44. The van der Waals surface area contributed by atoms with Crippen molar-refractivity contribution in [2.45, 2.75) is 24.8 Å². The smallest absolute Gasteiger partial charge is 0.321 e. The number of aromatic nitrogens is 2. The van der Waals surface area contributed by atoms with Gasteiger partial charge in [-0.3, -0.25) is 9.69 Å². The van der Waals surface area contributed by atoms with Crippen LogP contribution in [0, 0.1) is 5.82 Å². The number of amides is 3. The lowest BCUT2D eigenvalue weighted by Gasteiger charge is -2.46. The Morgan fingerprint density at radius 3 is 2.76 bits per heavy atom. The van der Waals surface area contributed by atoms with Crippen molar-refractivity contribution in [1.29, 1.82) is 0 Å². The number of carbonyl (C=O) groups excluding carboxylic acids is 2. The number of carbonyl (C=O) groups is 2. The first-order valence-corrected chi connectivity index (χ1v) is 9.68. The minimum Gasteiger partial charge on any atom is -0.383 e. The Labute approximate surface area is 168 Å². The molecular weight excluding hydrogens is 377 g/mol. The fourth-order valence-electron chi connectivity index (χ4n) is 4.14. The van der Waals surface area contributed by atoms with E-state index in [1.807, 2.05) is 10.7 Å². The van der Waals surface area contributed by atoms with Gasteiger partial charge in [-0.15, -0.1) is 0 Å². The van der Waals surface area contributed by atoms with Crippen LogP contribution in [0.15, 0.2) is 36.5 Å². The lowest BCUT2D eigenvalue weighted by molar-refractivity contribution is -0.123. The molecule has 1 fully saturated rings. The first-order chi connectivity index (χ1) is 14.0. The van der Waals surface area contributed by atoms with Gasteiger partial charge in [-0.05, 0) is 25.0 Å². The van der Waals surface area contributed by atoms with E-state index < -0.39 is 11.4 Å². The summed E-state index contributed by atoms with van der Waals surface area (Å²) in [7, 11) is 1.61. The second-order valence-corrected chi connectivity index (χ2v) is 7.44. The van der Waals surface area contributed by atoms with Gasteiger partial charge in [-0.2, -0.15) is 5.10 Å². The number of para-hydroxylation sites is 1. The lowest BCUT2D eigenvalue weighted by Crippen LogP contribution is -2.55. The molecule has 154 valence electrons. The summed E-state index contributed by atoms with van der Waals surface area (Å²) in [6, 6.07) is 7.59. The maximum absolute atomic E-state index is 13.8. The van der Waals surface area contributed by atoms with Crippen LogP contribution in [0.25, 0.3) is 0 Å². The summed E-state index contributed by atoms with van der Waals surface area (Å²) in [4.78, 5) is 28.7. The number of nitrogens with zero attached hydrogens (tertiary/aromatic N) is 4. The third-order valence-electron chi connectivity index (χ3n) is 5.75. The standard InChI is InChI=1S/C20H24FN5O3/c1-29-13-12-25-17-6-9-22-26(17)20(14-18(25)27)7-10-24(11-8-20)19(28)23-16-5-3-2-4-15(16)21/h2-6,9H,7-8,10-14H2,1H3,(H,23,28). The summed E-state index contributed by atoms with van der Waals surface area (Å²) in [5.74, 6) is 0.339. The fraction of sp³-hybridized carbons (Fsp3) is 0.450. The molecule has 9 heteroatoms. The van der Waals surface area contributed by atoms with Crippen LogP contribution >= 0.6 is 0 Å². The number of anilines is 2. The zero-order valence-corrected chi connectivity index (χ0v) is 16.3. The van der Waals surface area contributed by atoms with Crippen molar-refractivity contribution >= 4 is 23.4 Å². The molecule has 4 rings (SSSR count). The number of piperidine rings is 1. The van der Waals surface area contributed by atoms with Crippen molar-refractivity contribution < 1.29 is 18.7 Å². The van der Waals surface area contributed by atoms with Gasteiger partial charge in [-0.25, -0.2) is 13.9 Å². The number of urea groups is 1. The molecule has 0 radical (unpaired) electrons. The Morgan fingerprint density at radius 1 is 1.28 bits per heavy atom. The number of likely N-dealkylation sites (tertiary alicyclic amines) is 1. The van der Waals surface area contributed by atoms with Gasteiger partial charge in [0, 0.05) is 26.3 Å². The molecule has 2 aliphatic rings. The molecule has 2 aliphatic heterocycles. The highest BCUT2D eigenvalue weighted by Gasteiger charge is 2.46. The molecular formula is C20H24FN5O3. The number of ether oxygens (including phenoxy) is 1. The number of rotatable bonds is 4. The van der Waals surface area contributed by atoms with Crippen molar-refractivity contribution in [3.63, 3.8) is 0 Å². The van der Waals surface area contributed by atoms with Gasteiger partial charge in [0.2, 0.25) is 5.91 Å². The molecule has 1 spiro atoms. The molecule has 1 aromatic heterocycles. The first kappa shape index (κ1) is 19.4. The summed E-state index contributed by atoms with van der Waals surface area (Å²) in [5.41, 5.74) is -0.275. The molecule has 3 heterocycles. The van der Waals surface area contributed by atoms with E-state index in [0.717, 1.165) is 5.82 Å². The third kappa shape index (κ3) is 3.57. The summed E-state index contributed by atoms with van der Waals surface area (Å²) >= 11 is 0. The van der Waals surface area contributed by atoms with E-state index >= 15 is 0 Å². The van der Waals surface area contributed by atoms with Crippen LogP contribution < -0.4 is 10.2 Å². The Hall–Kier alpha value is -2.94. The number of benzene rings is 1. The molecule has 3 amide bonds. The number of nitrogens with one attached hydrogen (secondary N) is 1. The highest BCUT2D eigenvalue weighted by Crippen LogP contribution is 2.40. The quantitative estimate of drug-likeness (QED) is 0.853. The van der Waals surface area contributed by atoms with E-state index in [1.54, 1.807) is 35.2 Å². The highest BCUT2D eigenvalue weighted by atomic mass is 19.1. The second kappa shape index (κ2) is 7.82. The topological polar surface area (TPSA) is 79.7 Å². The monoisotopic (exact) mass is 401 g/mol. The number of halogens is 1. The predicted octanol–water partition coefficient (Wildman–Crippen LogP) is 2.43. The van der Waals surface area contributed by atoms with Gasteiger partial charge in [0.05, 0.1) is 37.0 Å². The molecule has 8 nitrogen and oxygen atoms in total. The van der Waals surface area contributed by atoms with Crippen molar-refractivity contribution in [1.82, 2.24) is 14.7 Å². The molecule has 0 aliphatic carbocycles. The molecule has 0 unspecified atom stereocenters. The first-order valence-electron chi connectivity index (χ1n) is 9.68. The molecule has 1 aromatic carbocycles. The van der Waals surface area contributed by atoms with Crippen LogP contribution in [0.4, 0.5) is 20.7 Å². The van der Waals surface area contributed by atoms with Crippen LogP contribution in [-0.4, -0.2) is 60.0 Å².